The van der Waals surface area contributed by atoms with Crippen molar-refractivity contribution in [3.8, 4) is 0 Å². The van der Waals surface area contributed by atoms with Crippen LogP contribution in [0.4, 0.5) is 10.1 Å². The van der Waals surface area contributed by atoms with Crippen LogP contribution in [0.1, 0.15) is 15.2 Å². The highest BCUT2D eigenvalue weighted by Gasteiger charge is 2.13. The van der Waals surface area contributed by atoms with Crippen molar-refractivity contribution in [1.82, 2.24) is 0 Å². The lowest BCUT2D eigenvalue weighted by atomic mass is 10.1. The number of thiophene rings is 1. The Hall–Kier alpha value is -2.41. The molecule has 0 unspecified atom stereocenters. The number of rotatable bonds is 3. The normalized spacial score (nSPS) is 11.3. The van der Waals surface area contributed by atoms with Gasteiger partial charge in [-0.05, 0) is 29.6 Å². The Morgan fingerprint density at radius 1 is 1.42 bits per heavy atom. The van der Waals surface area contributed by atoms with E-state index >= 15 is 0 Å². The van der Waals surface area contributed by atoms with Gasteiger partial charge in [-0.25, -0.2) is 4.39 Å². The van der Waals surface area contributed by atoms with Gasteiger partial charge >= 0.3 is 0 Å². The number of hydrogen-bond acceptors (Lipinski definition) is 4. The van der Waals surface area contributed by atoms with E-state index in [0.29, 0.717) is 4.88 Å². The summed E-state index contributed by atoms with van der Waals surface area (Å²) in [5, 5.41) is 15.8. The smallest absolute Gasteiger partial charge is 0.265 e. The van der Waals surface area contributed by atoms with Gasteiger partial charge < -0.3 is 16.3 Å². The molecule has 0 aliphatic carbocycles. The summed E-state index contributed by atoms with van der Waals surface area (Å²) < 4.78 is 13.2. The Morgan fingerprint density at radius 2 is 2.21 bits per heavy atom. The van der Waals surface area contributed by atoms with Gasteiger partial charge in [-0.2, -0.15) is 0 Å². The summed E-state index contributed by atoms with van der Waals surface area (Å²) in [6.07, 6.45) is 0. The summed E-state index contributed by atoms with van der Waals surface area (Å²) >= 11 is 1.28. The first-order valence-electron chi connectivity index (χ1n) is 5.24. The monoisotopic (exact) mass is 279 g/mol. The third-order valence-corrected chi connectivity index (χ3v) is 3.23. The van der Waals surface area contributed by atoms with Gasteiger partial charge in [0.25, 0.3) is 5.91 Å². The molecule has 0 saturated carbocycles. The van der Waals surface area contributed by atoms with Crippen LogP contribution in [0.25, 0.3) is 0 Å². The van der Waals surface area contributed by atoms with E-state index in [-0.39, 0.29) is 23.0 Å². The third kappa shape index (κ3) is 2.89. The molecule has 1 aromatic carbocycles. The first-order valence-corrected chi connectivity index (χ1v) is 6.12. The molecule has 0 spiro atoms. The Kier molecular flexibility index (Phi) is 3.76. The molecule has 0 aliphatic rings. The van der Waals surface area contributed by atoms with E-state index in [2.05, 4.69) is 10.5 Å². The van der Waals surface area contributed by atoms with Crippen molar-refractivity contribution in [1.29, 1.82) is 0 Å². The maximum Gasteiger partial charge on any atom is 0.265 e. The first-order chi connectivity index (χ1) is 9.11. The number of oxime groups is 1. The molecule has 1 heterocycles. The molecule has 0 aliphatic heterocycles. The lowest BCUT2D eigenvalue weighted by molar-refractivity contribution is 0.103. The van der Waals surface area contributed by atoms with Crippen LogP contribution in [-0.4, -0.2) is 17.0 Å². The second-order valence-electron chi connectivity index (χ2n) is 3.61. The van der Waals surface area contributed by atoms with Crippen LogP contribution in [0.2, 0.25) is 0 Å². The number of nitrogens with zero attached hydrogens (tertiary/aromatic N) is 1. The molecule has 4 N–H and O–H groups in total. The topological polar surface area (TPSA) is 87.7 Å². The number of nitrogens with one attached hydrogen (secondary N) is 1. The van der Waals surface area contributed by atoms with Crippen molar-refractivity contribution in [3.05, 3.63) is 52.0 Å². The Balaban J connectivity index is 2.32. The van der Waals surface area contributed by atoms with Crippen LogP contribution in [0, 0.1) is 5.82 Å². The maximum absolute atomic E-state index is 13.2. The van der Waals surface area contributed by atoms with Gasteiger partial charge in [0.05, 0.1) is 10.6 Å². The molecular formula is C12H10FN3O2S. The number of benzene rings is 1. The minimum atomic E-state index is -0.546. The fourth-order valence-corrected chi connectivity index (χ4v) is 2.10. The van der Waals surface area contributed by atoms with E-state index in [0.717, 1.165) is 6.07 Å². The molecule has 0 bridgehead atoms. The summed E-state index contributed by atoms with van der Waals surface area (Å²) in [5.74, 6) is -1.16. The van der Waals surface area contributed by atoms with Crippen molar-refractivity contribution in [2.75, 3.05) is 5.32 Å². The van der Waals surface area contributed by atoms with Crippen LogP contribution < -0.4 is 11.1 Å². The zero-order valence-electron chi connectivity index (χ0n) is 9.63. The number of carbonyl (C=O) groups is 1. The summed E-state index contributed by atoms with van der Waals surface area (Å²) in [7, 11) is 0. The van der Waals surface area contributed by atoms with E-state index in [4.69, 9.17) is 10.9 Å². The van der Waals surface area contributed by atoms with Crippen LogP contribution in [-0.2, 0) is 0 Å². The van der Waals surface area contributed by atoms with Crippen LogP contribution >= 0.6 is 11.3 Å². The lowest BCUT2D eigenvalue weighted by Crippen LogP contribution is -2.19. The predicted molar refractivity (Wildman–Crippen MR) is 71.2 cm³/mol. The molecule has 19 heavy (non-hydrogen) atoms. The number of halogens is 1. The van der Waals surface area contributed by atoms with Crippen molar-refractivity contribution in [2.24, 2.45) is 10.9 Å². The molecule has 2 rings (SSSR count). The second-order valence-corrected chi connectivity index (χ2v) is 4.55. The fourth-order valence-electron chi connectivity index (χ4n) is 1.48. The second kappa shape index (κ2) is 5.49. The third-order valence-electron chi connectivity index (χ3n) is 2.36. The standard InChI is InChI=1S/C12H10FN3O2S/c13-7-3-4-9(8(6-7)11(14)16-18)15-12(17)10-2-1-5-19-10/h1-6,18H,(H2,14,16)(H,15,17). The summed E-state index contributed by atoms with van der Waals surface area (Å²) in [6.45, 7) is 0. The molecule has 0 saturated heterocycles. The largest absolute Gasteiger partial charge is 0.409 e. The molecule has 0 fully saturated rings. The van der Waals surface area contributed by atoms with Crippen LogP contribution in [0.5, 0.6) is 0 Å². The van der Waals surface area contributed by atoms with Crippen LogP contribution in [0.15, 0.2) is 40.9 Å². The van der Waals surface area contributed by atoms with E-state index in [1.54, 1.807) is 17.5 Å². The lowest BCUT2D eigenvalue weighted by Gasteiger charge is -2.09. The van der Waals surface area contributed by atoms with Gasteiger partial charge in [0.15, 0.2) is 5.84 Å². The van der Waals surface area contributed by atoms with Crippen molar-refractivity contribution < 1.29 is 14.4 Å². The van der Waals surface area contributed by atoms with Crippen molar-refractivity contribution in [3.63, 3.8) is 0 Å². The summed E-state index contributed by atoms with van der Waals surface area (Å²) in [5.41, 5.74) is 5.83. The number of nitrogens with two attached hydrogens (primary N) is 1. The van der Waals surface area contributed by atoms with E-state index < -0.39 is 5.82 Å². The highest BCUT2D eigenvalue weighted by molar-refractivity contribution is 7.12. The van der Waals surface area contributed by atoms with Gasteiger partial charge in [0.2, 0.25) is 0 Å². The fraction of sp³-hybridized carbons (Fsp3) is 0. The van der Waals surface area contributed by atoms with E-state index in [1.807, 2.05) is 0 Å². The molecule has 5 nitrogen and oxygen atoms in total. The maximum atomic E-state index is 13.2. The molecule has 2 aromatic rings. The number of amides is 1. The zero-order chi connectivity index (χ0) is 13.8. The molecular weight excluding hydrogens is 269 g/mol. The minimum Gasteiger partial charge on any atom is -0.409 e. The van der Waals surface area contributed by atoms with Gasteiger partial charge in [-0.15, -0.1) is 11.3 Å². The van der Waals surface area contributed by atoms with Gasteiger partial charge in [-0.1, -0.05) is 11.2 Å². The number of amidine groups is 1. The molecule has 1 aromatic heterocycles. The van der Waals surface area contributed by atoms with E-state index in [9.17, 15) is 9.18 Å². The van der Waals surface area contributed by atoms with Crippen molar-refractivity contribution >= 4 is 28.8 Å². The molecule has 0 atom stereocenters. The molecule has 7 heteroatoms. The zero-order valence-corrected chi connectivity index (χ0v) is 10.4. The molecule has 0 radical (unpaired) electrons. The summed E-state index contributed by atoms with van der Waals surface area (Å²) in [6, 6.07) is 7.02. The van der Waals surface area contributed by atoms with Gasteiger partial charge in [0, 0.05) is 5.56 Å². The Labute approximate surface area is 112 Å². The minimum absolute atomic E-state index is 0.118. The van der Waals surface area contributed by atoms with Crippen molar-refractivity contribution in [2.45, 2.75) is 0 Å². The highest BCUT2D eigenvalue weighted by Crippen LogP contribution is 2.19. The summed E-state index contributed by atoms with van der Waals surface area (Å²) in [4.78, 5) is 12.4. The molecule has 98 valence electrons. The number of hydrogen-bond donors (Lipinski definition) is 3. The number of carbonyl (C=O) groups excluding carboxylic acids is 1. The number of anilines is 1. The molecule has 1 amide bonds. The van der Waals surface area contributed by atoms with E-state index in [1.165, 1.54) is 23.5 Å². The predicted octanol–water partition coefficient (Wildman–Crippen LogP) is 2.23. The first kappa shape index (κ1) is 13.0. The highest BCUT2D eigenvalue weighted by atomic mass is 32.1. The Bertz CT molecular complexity index is 626. The SMILES string of the molecule is N/C(=N/O)c1cc(F)ccc1NC(=O)c1cccs1. The van der Waals surface area contributed by atoms with Gasteiger partial charge in [0.1, 0.15) is 5.82 Å². The quantitative estimate of drug-likeness (QED) is 0.348. The average molecular weight is 279 g/mol. The Morgan fingerprint density at radius 3 is 2.84 bits per heavy atom. The average Bonchev–Trinajstić information content (AvgIpc) is 2.94. The van der Waals surface area contributed by atoms with Gasteiger partial charge in [-0.3, -0.25) is 4.79 Å². The van der Waals surface area contributed by atoms with Crippen LogP contribution in [0.3, 0.4) is 0 Å².